The Kier molecular flexibility index (Phi) is 18.3. The second kappa shape index (κ2) is 20.3. The summed E-state index contributed by atoms with van der Waals surface area (Å²) in [6.07, 6.45) is 0.950. The topological polar surface area (TPSA) is 108 Å². The van der Waals surface area contributed by atoms with E-state index in [-0.39, 0.29) is 11.8 Å². The van der Waals surface area contributed by atoms with Gasteiger partial charge in [0.05, 0.1) is 64.0 Å². The van der Waals surface area contributed by atoms with Gasteiger partial charge in [-0.3, -0.25) is 9.59 Å². The van der Waals surface area contributed by atoms with Crippen molar-refractivity contribution in [1.29, 1.82) is 0 Å². The molecule has 10 nitrogen and oxygen atoms in total. The van der Waals surface area contributed by atoms with Gasteiger partial charge in [0.2, 0.25) is 0 Å². The molecule has 0 heterocycles. The van der Waals surface area contributed by atoms with Crippen LogP contribution >= 0.6 is 8.53 Å². The zero-order valence-electron chi connectivity index (χ0n) is 23.3. The third-order valence-electron chi connectivity index (χ3n) is 5.00. The Morgan fingerprint density at radius 3 is 1.78 bits per heavy atom. The summed E-state index contributed by atoms with van der Waals surface area (Å²) in [6, 6.07) is 7.35. The lowest BCUT2D eigenvalue weighted by molar-refractivity contribution is 0.00871. The molecule has 2 amide bonds. The summed E-state index contributed by atoms with van der Waals surface area (Å²) < 4.78 is 30.9. The van der Waals surface area contributed by atoms with Crippen LogP contribution in [0.4, 0.5) is 0 Å². The largest absolute Gasteiger partial charge is 0.377 e. The third-order valence-corrected chi connectivity index (χ3v) is 7.11. The third kappa shape index (κ3) is 13.6. The van der Waals surface area contributed by atoms with Gasteiger partial charge >= 0.3 is 0 Å². The van der Waals surface area contributed by atoms with Gasteiger partial charge in [-0.15, -0.1) is 0 Å². The first-order valence-electron chi connectivity index (χ1n) is 13.0. The molecule has 2 N–H and O–H groups in total. The molecule has 1 rings (SSSR count). The second-order valence-electron chi connectivity index (χ2n) is 8.69. The standard InChI is InChI=1S/C26H46N3O7P/c1-7-13-35-37(29(21(2)3)22(4)5)36-20-19-34-18-17-33-16-15-32-14-12-28-26(31)24-11-9-8-10-23(24)25(30)27-6/h8-11,21-22H,7,12-20H2,1-6H3,(H,27,30)(H,28,31). The quantitative estimate of drug-likeness (QED) is 0.179. The monoisotopic (exact) mass is 543 g/mol. The molecule has 1 unspecified atom stereocenters. The first kappa shape index (κ1) is 33.4. The molecule has 1 aromatic carbocycles. The predicted octanol–water partition coefficient (Wildman–Crippen LogP) is 3.61. The van der Waals surface area contributed by atoms with Crippen LogP contribution in [0, 0.1) is 0 Å². The molecular weight excluding hydrogens is 497 g/mol. The number of carbonyl (C=O) groups is 2. The molecule has 1 aromatic rings. The van der Waals surface area contributed by atoms with E-state index in [1.807, 2.05) is 0 Å². The summed E-state index contributed by atoms with van der Waals surface area (Å²) in [5.74, 6) is -0.614. The molecule has 37 heavy (non-hydrogen) atoms. The number of nitrogens with zero attached hydrogens (tertiary/aromatic N) is 1. The maximum absolute atomic E-state index is 12.3. The number of rotatable bonds is 21. The molecule has 0 aliphatic rings. The fraction of sp³-hybridized carbons (Fsp3) is 0.692. The van der Waals surface area contributed by atoms with Crippen LogP contribution in [-0.4, -0.2) is 95.0 Å². The molecule has 212 valence electrons. The van der Waals surface area contributed by atoms with Crippen LogP contribution in [0.5, 0.6) is 0 Å². The first-order chi connectivity index (χ1) is 17.8. The molecule has 1 atom stereocenters. The van der Waals surface area contributed by atoms with Gasteiger partial charge < -0.3 is 33.9 Å². The van der Waals surface area contributed by atoms with Crippen LogP contribution in [0.1, 0.15) is 61.8 Å². The van der Waals surface area contributed by atoms with Gasteiger partial charge in [0.25, 0.3) is 20.3 Å². The maximum atomic E-state index is 12.3. The van der Waals surface area contributed by atoms with Gasteiger partial charge in [-0.2, -0.15) is 0 Å². The van der Waals surface area contributed by atoms with E-state index in [1.54, 1.807) is 24.3 Å². The van der Waals surface area contributed by atoms with Crippen LogP contribution in [0.15, 0.2) is 24.3 Å². The number of carbonyl (C=O) groups excluding carboxylic acids is 2. The van der Waals surface area contributed by atoms with E-state index < -0.39 is 8.53 Å². The van der Waals surface area contributed by atoms with Crippen molar-refractivity contribution < 1.29 is 32.8 Å². The first-order valence-corrected chi connectivity index (χ1v) is 14.1. The molecule has 0 fully saturated rings. The van der Waals surface area contributed by atoms with E-state index in [4.69, 9.17) is 23.3 Å². The Morgan fingerprint density at radius 2 is 1.27 bits per heavy atom. The lowest BCUT2D eigenvalue weighted by atomic mass is 10.1. The second-order valence-corrected chi connectivity index (χ2v) is 10.1. The van der Waals surface area contributed by atoms with E-state index in [1.165, 1.54) is 7.05 Å². The van der Waals surface area contributed by atoms with Gasteiger partial charge in [0.1, 0.15) is 0 Å². The number of benzene rings is 1. The molecule has 0 saturated heterocycles. The Labute approximate surface area is 223 Å². The van der Waals surface area contributed by atoms with Crippen LogP contribution in [0.2, 0.25) is 0 Å². The van der Waals surface area contributed by atoms with Crippen molar-refractivity contribution in [3.8, 4) is 0 Å². The van der Waals surface area contributed by atoms with E-state index in [0.29, 0.717) is 82.6 Å². The molecule has 11 heteroatoms. The van der Waals surface area contributed by atoms with Gasteiger partial charge in [0, 0.05) is 25.7 Å². The van der Waals surface area contributed by atoms with Gasteiger partial charge in [-0.25, -0.2) is 4.67 Å². The number of amides is 2. The number of ether oxygens (including phenoxy) is 3. The Hall–Kier alpha value is -1.65. The lowest BCUT2D eigenvalue weighted by Gasteiger charge is -2.35. The normalized spacial score (nSPS) is 12.4. The Balaban J connectivity index is 2.10. The van der Waals surface area contributed by atoms with Crippen LogP contribution < -0.4 is 10.6 Å². The van der Waals surface area contributed by atoms with Crippen LogP contribution in [0.3, 0.4) is 0 Å². The minimum atomic E-state index is -1.11. The van der Waals surface area contributed by atoms with Crippen molar-refractivity contribution in [3.05, 3.63) is 35.4 Å². The lowest BCUT2D eigenvalue weighted by Crippen LogP contribution is -2.34. The highest BCUT2D eigenvalue weighted by Gasteiger charge is 2.26. The van der Waals surface area contributed by atoms with E-state index in [0.717, 1.165) is 6.42 Å². The van der Waals surface area contributed by atoms with Crippen LogP contribution in [0.25, 0.3) is 0 Å². The average molecular weight is 544 g/mol. The van der Waals surface area contributed by atoms with Gasteiger partial charge in [-0.05, 0) is 46.2 Å². The van der Waals surface area contributed by atoms with Crippen molar-refractivity contribution in [2.24, 2.45) is 0 Å². The van der Waals surface area contributed by atoms with E-state index >= 15 is 0 Å². The summed E-state index contributed by atoms with van der Waals surface area (Å²) in [5, 5.41) is 5.29. The van der Waals surface area contributed by atoms with Crippen molar-refractivity contribution in [3.63, 3.8) is 0 Å². The van der Waals surface area contributed by atoms with Crippen molar-refractivity contribution >= 4 is 20.3 Å². The highest BCUT2D eigenvalue weighted by molar-refractivity contribution is 7.44. The minimum absolute atomic E-state index is 0.300. The molecule has 0 aliphatic heterocycles. The van der Waals surface area contributed by atoms with Crippen molar-refractivity contribution in [2.45, 2.75) is 53.1 Å². The zero-order chi connectivity index (χ0) is 27.5. The number of hydrogen-bond donors (Lipinski definition) is 2. The number of hydrogen-bond acceptors (Lipinski definition) is 8. The zero-order valence-corrected chi connectivity index (χ0v) is 24.2. The Morgan fingerprint density at radius 1 is 0.784 bits per heavy atom. The SMILES string of the molecule is CCCOP(OCCOCCOCCOCCNC(=O)c1ccccc1C(=O)NC)N(C(C)C)C(C)C. The number of nitrogens with one attached hydrogen (secondary N) is 2. The summed E-state index contributed by atoms with van der Waals surface area (Å²) in [5.41, 5.74) is 0.669. The van der Waals surface area contributed by atoms with E-state index in [9.17, 15) is 9.59 Å². The van der Waals surface area contributed by atoms with Gasteiger partial charge in [-0.1, -0.05) is 19.1 Å². The fourth-order valence-corrected chi connectivity index (χ4v) is 5.04. The highest BCUT2D eigenvalue weighted by atomic mass is 31.2. The molecule has 0 bridgehead atoms. The van der Waals surface area contributed by atoms with E-state index in [2.05, 4.69) is 49.9 Å². The summed E-state index contributed by atoms with van der Waals surface area (Å²) >= 11 is 0. The minimum Gasteiger partial charge on any atom is -0.377 e. The molecule has 0 radical (unpaired) electrons. The smallest absolute Gasteiger partial charge is 0.259 e. The van der Waals surface area contributed by atoms with Crippen molar-refractivity contribution in [1.82, 2.24) is 15.3 Å². The molecule has 0 saturated carbocycles. The summed E-state index contributed by atoms with van der Waals surface area (Å²) in [6.45, 7) is 14.8. The maximum Gasteiger partial charge on any atom is 0.259 e. The average Bonchev–Trinajstić information content (AvgIpc) is 2.88. The highest BCUT2D eigenvalue weighted by Crippen LogP contribution is 2.45. The van der Waals surface area contributed by atoms with Gasteiger partial charge in [0.15, 0.2) is 0 Å². The molecule has 0 aliphatic carbocycles. The fourth-order valence-electron chi connectivity index (χ4n) is 3.38. The predicted molar refractivity (Wildman–Crippen MR) is 146 cm³/mol. The van der Waals surface area contributed by atoms with Crippen molar-refractivity contribution in [2.75, 3.05) is 66.4 Å². The molecule has 0 aromatic heterocycles. The van der Waals surface area contributed by atoms with Crippen LogP contribution in [-0.2, 0) is 23.3 Å². The Bertz CT molecular complexity index is 759. The molecular formula is C26H46N3O7P. The summed E-state index contributed by atoms with van der Waals surface area (Å²) in [4.78, 5) is 24.2. The summed E-state index contributed by atoms with van der Waals surface area (Å²) in [7, 11) is 0.422. The molecule has 0 spiro atoms.